The average molecular weight is 293 g/mol. The van der Waals surface area contributed by atoms with Crippen molar-refractivity contribution in [3.8, 4) is 11.5 Å². The molecule has 2 N–H and O–H groups in total. The minimum absolute atomic E-state index is 0.139. The van der Waals surface area contributed by atoms with E-state index in [0.717, 1.165) is 30.8 Å². The van der Waals surface area contributed by atoms with E-state index in [1.807, 2.05) is 31.2 Å². The fourth-order valence-corrected chi connectivity index (χ4v) is 3.11. The summed E-state index contributed by atoms with van der Waals surface area (Å²) in [6, 6.07) is 8.12. The first kappa shape index (κ1) is 16.1. The minimum Gasteiger partial charge on any atom is -0.494 e. The highest BCUT2D eigenvalue weighted by atomic mass is 16.5. The summed E-state index contributed by atoms with van der Waals surface area (Å²) >= 11 is 0. The molecule has 4 nitrogen and oxygen atoms in total. The van der Waals surface area contributed by atoms with Gasteiger partial charge in [-0.2, -0.15) is 0 Å². The number of hydrogen-bond acceptors (Lipinski definition) is 4. The van der Waals surface area contributed by atoms with Gasteiger partial charge in [-0.1, -0.05) is 19.9 Å². The Kier molecular flexibility index (Phi) is 5.48. The first-order valence-corrected chi connectivity index (χ1v) is 7.85. The van der Waals surface area contributed by atoms with Gasteiger partial charge in [0.1, 0.15) is 17.6 Å². The van der Waals surface area contributed by atoms with Gasteiger partial charge in [-0.15, -0.1) is 0 Å². The molecule has 21 heavy (non-hydrogen) atoms. The van der Waals surface area contributed by atoms with Crippen LogP contribution in [0.15, 0.2) is 24.3 Å². The first-order valence-electron chi connectivity index (χ1n) is 7.85. The van der Waals surface area contributed by atoms with Crippen LogP contribution in [0.4, 0.5) is 0 Å². The van der Waals surface area contributed by atoms with Gasteiger partial charge in [0.2, 0.25) is 0 Å². The maximum Gasteiger partial charge on any atom is 0.123 e. The van der Waals surface area contributed by atoms with Crippen molar-refractivity contribution >= 4 is 0 Å². The van der Waals surface area contributed by atoms with Crippen LogP contribution in [0.3, 0.4) is 0 Å². The summed E-state index contributed by atoms with van der Waals surface area (Å²) in [4.78, 5) is 0. The van der Waals surface area contributed by atoms with E-state index in [1.54, 1.807) is 0 Å². The highest BCUT2D eigenvalue weighted by molar-refractivity contribution is 5.33. The summed E-state index contributed by atoms with van der Waals surface area (Å²) in [7, 11) is 0. The molecule has 1 aliphatic carbocycles. The standard InChI is InChI=1S/C17H27NO3/c1-4-20-14-6-5-7-15(10-14)21-16-8-9-17(11-16,12-19)18-13(2)3/h5-7,10,13,16,18-19H,4,8-9,11-12H2,1-3H3. The third kappa shape index (κ3) is 4.35. The summed E-state index contributed by atoms with van der Waals surface area (Å²) < 4.78 is 11.6. The van der Waals surface area contributed by atoms with Crippen LogP contribution in [-0.4, -0.2) is 36.0 Å². The van der Waals surface area contributed by atoms with Crippen LogP contribution in [0.1, 0.15) is 40.0 Å². The molecule has 0 heterocycles. The van der Waals surface area contributed by atoms with Crippen molar-refractivity contribution in [3.63, 3.8) is 0 Å². The molecule has 0 aliphatic heterocycles. The topological polar surface area (TPSA) is 50.7 Å². The lowest BCUT2D eigenvalue weighted by atomic mass is 9.97. The van der Waals surface area contributed by atoms with Gasteiger partial charge < -0.3 is 19.9 Å². The number of aliphatic hydroxyl groups is 1. The second-order valence-electron chi connectivity index (χ2n) is 6.13. The molecule has 2 atom stereocenters. The zero-order chi connectivity index (χ0) is 15.3. The molecule has 4 heteroatoms. The summed E-state index contributed by atoms with van der Waals surface area (Å²) in [5, 5.41) is 13.2. The molecule has 1 aromatic rings. The fourth-order valence-electron chi connectivity index (χ4n) is 3.11. The molecule has 118 valence electrons. The predicted molar refractivity (Wildman–Crippen MR) is 84.0 cm³/mol. The number of aliphatic hydroxyl groups excluding tert-OH is 1. The van der Waals surface area contributed by atoms with E-state index >= 15 is 0 Å². The van der Waals surface area contributed by atoms with Crippen LogP contribution in [0, 0.1) is 0 Å². The van der Waals surface area contributed by atoms with Crippen molar-refractivity contribution in [2.75, 3.05) is 13.2 Å². The van der Waals surface area contributed by atoms with Crippen LogP contribution in [0.5, 0.6) is 11.5 Å². The molecule has 2 rings (SSSR count). The maximum absolute atomic E-state index is 9.73. The Bertz CT molecular complexity index is 449. The molecular weight excluding hydrogens is 266 g/mol. The predicted octanol–water partition coefficient (Wildman–Crippen LogP) is 2.75. The Morgan fingerprint density at radius 3 is 2.81 bits per heavy atom. The summed E-state index contributed by atoms with van der Waals surface area (Å²) in [6.07, 6.45) is 2.87. The summed E-state index contributed by atoms with van der Waals surface area (Å²) in [5.41, 5.74) is -0.198. The molecule has 0 saturated heterocycles. The molecule has 0 radical (unpaired) electrons. The number of rotatable bonds is 7. The lowest BCUT2D eigenvalue weighted by molar-refractivity contribution is 0.133. The normalized spacial score (nSPS) is 25.3. The lowest BCUT2D eigenvalue weighted by Crippen LogP contribution is -2.50. The lowest BCUT2D eigenvalue weighted by Gasteiger charge is -2.30. The Morgan fingerprint density at radius 1 is 1.38 bits per heavy atom. The van der Waals surface area contributed by atoms with Gasteiger partial charge >= 0.3 is 0 Å². The monoisotopic (exact) mass is 293 g/mol. The van der Waals surface area contributed by atoms with E-state index < -0.39 is 0 Å². The molecule has 1 aliphatic rings. The van der Waals surface area contributed by atoms with Gasteiger partial charge in [-0.3, -0.25) is 0 Å². The fraction of sp³-hybridized carbons (Fsp3) is 0.647. The first-order chi connectivity index (χ1) is 10.1. The number of nitrogens with one attached hydrogen (secondary N) is 1. The van der Waals surface area contributed by atoms with Crippen LogP contribution < -0.4 is 14.8 Å². The molecule has 1 saturated carbocycles. The van der Waals surface area contributed by atoms with Gasteiger partial charge in [-0.05, 0) is 31.9 Å². The van der Waals surface area contributed by atoms with Crippen LogP contribution >= 0.6 is 0 Å². The average Bonchev–Trinajstić information content (AvgIpc) is 2.82. The van der Waals surface area contributed by atoms with Gasteiger partial charge in [0.05, 0.1) is 13.2 Å². The van der Waals surface area contributed by atoms with Crippen molar-refractivity contribution in [3.05, 3.63) is 24.3 Å². The molecule has 0 bridgehead atoms. The van der Waals surface area contributed by atoms with Crippen LogP contribution in [0.2, 0.25) is 0 Å². The largest absolute Gasteiger partial charge is 0.494 e. The van der Waals surface area contributed by atoms with E-state index in [1.165, 1.54) is 0 Å². The van der Waals surface area contributed by atoms with E-state index in [4.69, 9.17) is 9.47 Å². The minimum atomic E-state index is -0.198. The molecule has 0 spiro atoms. The van der Waals surface area contributed by atoms with E-state index in [9.17, 15) is 5.11 Å². The zero-order valence-electron chi connectivity index (χ0n) is 13.3. The van der Waals surface area contributed by atoms with E-state index in [2.05, 4.69) is 19.2 Å². The molecular formula is C17H27NO3. The second-order valence-corrected chi connectivity index (χ2v) is 6.13. The van der Waals surface area contributed by atoms with Crippen LogP contribution in [-0.2, 0) is 0 Å². The maximum atomic E-state index is 9.73. The molecule has 1 aromatic carbocycles. The van der Waals surface area contributed by atoms with Crippen molar-refractivity contribution in [2.45, 2.75) is 57.7 Å². The van der Waals surface area contributed by atoms with Gasteiger partial charge in [-0.25, -0.2) is 0 Å². The van der Waals surface area contributed by atoms with E-state index in [-0.39, 0.29) is 18.2 Å². The van der Waals surface area contributed by atoms with Crippen molar-refractivity contribution in [1.29, 1.82) is 0 Å². The number of benzene rings is 1. The van der Waals surface area contributed by atoms with Crippen molar-refractivity contribution < 1.29 is 14.6 Å². The Balaban J connectivity index is 1.97. The summed E-state index contributed by atoms with van der Waals surface area (Å²) in [6.45, 7) is 6.99. The highest BCUT2D eigenvalue weighted by Crippen LogP contribution is 2.33. The van der Waals surface area contributed by atoms with Crippen LogP contribution in [0.25, 0.3) is 0 Å². The third-order valence-corrected chi connectivity index (χ3v) is 3.88. The quantitative estimate of drug-likeness (QED) is 0.811. The smallest absolute Gasteiger partial charge is 0.123 e. The van der Waals surface area contributed by atoms with E-state index in [0.29, 0.717) is 12.6 Å². The molecule has 2 unspecified atom stereocenters. The molecule has 0 amide bonds. The van der Waals surface area contributed by atoms with Crippen molar-refractivity contribution in [2.24, 2.45) is 0 Å². The Hall–Kier alpha value is -1.26. The molecule has 0 aromatic heterocycles. The zero-order valence-corrected chi connectivity index (χ0v) is 13.3. The highest BCUT2D eigenvalue weighted by Gasteiger charge is 2.40. The Labute approximate surface area is 127 Å². The van der Waals surface area contributed by atoms with Gasteiger partial charge in [0.15, 0.2) is 0 Å². The SMILES string of the molecule is CCOc1cccc(OC2CCC(CO)(NC(C)C)C2)c1. The van der Waals surface area contributed by atoms with Gasteiger partial charge in [0, 0.05) is 24.1 Å². The number of ether oxygens (including phenoxy) is 2. The third-order valence-electron chi connectivity index (χ3n) is 3.88. The second kappa shape index (κ2) is 7.14. The summed E-state index contributed by atoms with van der Waals surface area (Å²) in [5.74, 6) is 1.67. The number of hydrogen-bond donors (Lipinski definition) is 2. The molecule has 1 fully saturated rings. The van der Waals surface area contributed by atoms with Gasteiger partial charge in [0.25, 0.3) is 0 Å². The Morgan fingerprint density at radius 2 is 2.14 bits per heavy atom. The van der Waals surface area contributed by atoms with Crippen molar-refractivity contribution in [1.82, 2.24) is 5.32 Å².